The number of amides is 1. The van der Waals surface area contributed by atoms with E-state index in [2.05, 4.69) is 11.9 Å². The van der Waals surface area contributed by atoms with E-state index in [9.17, 15) is 9.59 Å². The van der Waals surface area contributed by atoms with Crippen molar-refractivity contribution >= 4 is 28.0 Å². The zero-order valence-corrected chi connectivity index (χ0v) is 16.1. The molecule has 0 bridgehead atoms. The molecule has 0 aromatic carbocycles. The summed E-state index contributed by atoms with van der Waals surface area (Å²) in [5, 5.41) is 1.97. The van der Waals surface area contributed by atoms with E-state index >= 15 is 0 Å². The van der Waals surface area contributed by atoms with Gasteiger partial charge in [-0.25, -0.2) is 4.79 Å². The van der Waals surface area contributed by atoms with Crippen molar-refractivity contribution in [3.05, 3.63) is 28.4 Å². The minimum atomic E-state index is -0.297. The molecule has 0 aliphatic carbocycles. The Hall–Kier alpha value is -1.86. The number of hydrogen-bond donors (Lipinski definition) is 0. The van der Waals surface area contributed by atoms with Crippen LogP contribution in [0.5, 0.6) is 0 Å². The largest absolute Gasteiger partial charge is 0.459 e. The molecule has 3 rings (SSSR count). The molecule has 2 aromatic heterocycles. The molecule has 1 amide bonds. The van der Waals surface area contributed by atoms with Gasteiger partial charge in [0.2, 0.25) is 5.91 Å². The summed E-state index contributed by atoms with van der Waals surface area (Å²) in [7, 11) is 2.07. The third-order valence-electron chi connectivity index (χ3n) is 4.50. The van der Waals surface area contributed by atoms with Crippen molar-refractivity contribution in [1.82, 2.24) is 14.2 Å². The van der Waals surface area contributed by atoms with Gasteiger partial charge in [-0.05, 0) is 33.4 Å². The standard InChI is InChI=1S/C18H25N3O3S/c1-12(2)24-18(23)16-13(3)10-21-14(11-25-17(16)21)9-15(22)20-7-5-19(4)6-8-20/h10-12H,5-9H2,1-4H3. The van der Waals surface area contributed by atoms with Crippen LogP contribution in [-0.2, 0) is 16.0 Å². The summed E-state index contributed by atoms with van der Waals surface area (Å²) in [6.07, 6.45) is 2.13. The van der Waals surface area contributed by atoms with E-state index in [4.69, 9.17) is 4.74 Å². The van der Waals surface area contributed by atoms with Gasteiger partial charge in [0.25, 0.3) is 0 Å². The Kier molecular flexibility index (Phi) is 5.15. The number of aryl methyl sites for hydroxylation is 1. The van der Waals surface area contributed by atoms with Crippen molar-refractivity contribution < 1.29 is 14.3 Å². The minimum Gasteiger partial charge on any atom is -0.459 e. The van der Waals surface area contributed by atoms with Crippen LogP contribution in [0.1, 0.15) is 35.5 Å². The lowest BCUT2D eigenvalue weighted by Crippen LogP contribution is -2.47. The molecule has 0 radical (unpaired) electrons. The van der Waals surface area contributed by atoms with Crippen molar-refractivity contribution in [3.8, 4) is 0 Å². The number of thiazole rings is 1. The van der Waals surface area contributed by atoms with Gasteiger partial charge in [-0.1, -0.05) is 0 Å². The topological polar surface area (TPSA) is 54.3 Å². The zero-order chi connectivity index (χ0) is 18.1. The first-order chi connectivity index (χ1) is 11.9. The van der Waals surface area contributed by atoms with Gasteiger partial charge >= 0.3 is 5.97 Å². The van der Waals surface area contributed by atoms with Crippen molar-refractivity contribution in [2.24, 2.45) is 0 Å². The van der Waals surface area contributed by atoms with E-state index in [0.29, 0.717) is 12.0 Å². The van der Waals surface area contributed by atoms with E-state index in [-0.39, 0.29) is 18.0 Å². The first-order valence-corrected chi connectivity index (χ1v) is 9.50. The van der Waals surface area contributed by atoms with E-state index in [0.717, 1.165) is 42.3 Å². The van der Waals surface area contributed by atoms with E-state index in [1.54, 1.807) is 0 Å². The van der Waals surface area contributed by atoms with Crippen LogP contribution in [0, 0.1) is 6.92 Å². The van der Waals surface area contributed by atoms with Crippen molar-refractivity contribution in [3.63, 3.8) is 0 Å². The van der Waals surface area contributed by atoms with Gasteiger partial charge < -0.3 is 18.9 Å². The number of esters is 1. The summed E-state index contributed by atoms with van der Waals surface area (Å²) < 4.78 is 7.32. The molecule has 0 unspecified atom stereocenters. The maximum Gasteiger partial charge on any atom is 0.341 e. The normalized spacial score (nSPS) is 16.0. The molecule has 6 nitrogen and oxygen atoms in total. The summed E-state index contributed by atoms with van der Waals surface area (Å²) in [4.78, 5) is 30.0. The highest BCUT2D eigenvalue weighted by Crippen LogP contribution is 2.27. The molecule has 0 atom stereocenters. The number of fused-ring (bicyclic) bond motifs is 1. The molecule has 1 saturated heterocycles. The highest BCUT2D eigenvalue weighted by Gasteiger charge is 2.23. The molecular formula is C18H25N3O3S. The molecule has 3 heterocycles. The number of nitrogens with zero attached hydrogens (tertiary/aromatic N) is 3. The van der Waals surface area contributed by atoms with Crippen LogP contribution in [-0.4, -0.2) is 65.4 Å². The predicted molar refractivity (Wildman–Crippen MR) is 98.3 cm³/mol. The van der Waals surface area contributed by atoms with Gasteiger partial charge in [0.1, 0.15) is 4.83 Å². The van der Waals surface area contributed by atoms with Gasteiger partial charge in [0.05, 0.1) is 18.1 Å². The molecule has 0 saturated carbocycles. The molecule has 0 spiro atoms. The Labute approximate surface area is 152 Å². The number of rotatable bonds is 4. The lowest BCUT2D eigenvalue weighted by Gasteiger charge is -2.32. The van der Waals surface area contributed by atoms with Crippen LogP contribution in [0.25, 0.3) is 4.83 Å². The molecular weight excluding hydrogens is 338 g/mol. The summed E-state index contributed by atoms with van der Waals surface area (Å²) in [6, 6.07) is 0. The second-order valence-electron chi connectivity index (χ2n) is 6.90. The number of aromatic nitrogens is 1. The maximum atomic E-state index is 12.6. The second-order valence-corrected chi connectivity index (χ2v) is 7.76. The predicted octanol–water partition coefficient (Wildman–Crippen LogP) is 2.19. The van der Waals surface area contributed by atoms with E-state index < -0.39 is 0 Å². The minimum absolute atomic E-state index is 0.144. The fourth-order valence-corrected chi connectivity index (χ4v) is 4.18. The van der Waals surface area contributed by atoms with Crippen LogP contribution in [0.2, 0.25) is 0 Å². The smallest absolute Gasteiger partial charge is 0.341 e. The van der Waals surface area contributed by atoms with Crippen LogP contribution >= 0.6 is 11.3 Å². The Morgan fingerprint density at radius 2 is 1.92 bits per heavy atom. The van der Waals surface area contributed by atoms with Gasteiger partial charge in [-0.2, -0.15) is 0 Å². The maximum absolute atomic E-state index is 12.6. The van der Waals surface area contributed by atoms with Crippen LogP contribution in [0.3, 0.4) is 0 Å². The molecule has 7 heteroatoms. The lowest BCUT2D eigenvalue weighted by atomic mass is 10.2. The lowest BCUT2D eigenvalue weighted by molar-refractivity contribution is -0.132. The Balaban J connectivity index is 1.79. The number of ether oxygens (including phenoxy) is 1. The molecule has 2 aromatic rings. The molecule has 1 fully saturated rings. The van der Waals surface area contributed by atoms with E-state index in [1.807, 2.05) is 41.6 Å². The third kappa shape index (κ3) is 3.72. The van der Waals surface area contributed by atoms with Gasteiger partial charge in [0, 0.05) is 43.4 Å². The van der Waals surface area contributed by atoms with Gasteiger partial charge in [0.15, 0.2) is 0 Å². The third-order valence-corrected chi connectivity index (χ3v) is 5.51. The SMILES string of the molecule is Cc1cn2c(CC(=O)N3CCN(C)CC3)csc2c1C(=O)OC(C)C. The number of piperazine rings is 1. The average Bonchev–Trinajstić information content (AvgIpc) is 3.05. The van der Waals surface area contributed by atoms with Crippen molar-refractivity contribution in [1.29, 1.82) is 0 Å². The Morgan fingerprint density at radius 3 is 2.56 bits per heavy atom. The second kappa shape index (κ2) is 7.17. The van der Waals surface area contributed by atoms with Crippen molar-refractivity contribution in [2.45, 2.75) is 33.3 Å². The summed E-state index contributed by atoms with van der Waals surface area (Å²) in [6.45, 7) is 8.97. The van der Waals surface area contributed by atoms with Crippen LogP contribution in [0.4, 0.5) is 0 Å². The van der Waals surface area contributed by atoms with E-state index in [1.165, 1.54) is 11.3 Å². The summed E-state index contributed by atoms with van der Waals surface area (Å²) in [5.74, 6) is -0.153. The molecule has 25 heavy (non-hydrogen) atoms. The molecule has 0 N–H and O–H groups in total. The van der Waals surface area contributed by atoms with Gasteiger partial charge in [-0.3, -0.25) is 4.79 Å². The highest BCUT2D eigenvalue weighted by molar-refractivity contribution is 7.16. The van der Waals surface area contributed by atoms with Crippen LogP contribution in [0.15, 0.2) is 11.6 Å². The number of hydrogen-bond acceptors (Lipinski definition) is 5. The summed E-state index contributed by atoms with van der Waals surface area (Å²) in [5.41, 5.74) is 2.42. The number of carbonyl (C=O) groups is 2. The number of likely N-dealkylation sites (N-methyl/N-ethyl adjacent to an activating group) is 1. The van der Waals surface area contributed by atoms with Crippen LogP contribution < -0.4 is 0 Å². The van der Waals surface area contributed by atoms with Crippen molar-refractivity contribution in [2.75, 3.05) is 33.2 Å². The zero-order valence-electron chi connectivity index (χ0n) is 15.2. The average molecular weight is 363 g/mol. The first-order valence-electron chi connectivity index (χ1n) is 8.62. The fraction of sp³-hybridized carbons (Fsp3) is 0.556. The Morgan fingerprint density at radius 1 is 1.24 bits per heavy atom. The highest BCUT2D eigenvalue weighted by atomic mass is 32.1. The monoisotopic (exact) mass is 363 g/mol. The quantitative estimate of drug-likeness (QED) is 0.782. The fourth-order valence-electron chi connectivity index (χ4n) is 3.09. The summed E-state index contributed by atoms with van der Waals surface area (Å²) >= 11 is 1.49. The van der Waals surface area contributed by atoms with Gasteiger partial charge in [-0.15, -0.1) is 11.3 Å². The number of carbonyl (C=O) groups excluding carboxylic acids is 2. The molecule has 1 aliphatic heterocycles. The molecule has 136 valence electrons. The molecule has 1 aliphatic rings. The Bertz CT molecular complexity index is 785. The first kappa shape index (κ1) is 17.9.